The Hall–Kier alpha value is -2.75. The molecule has 0 aliphatic carbocycles. The lowest BCUT2D eigenvalue weighted by Crippen LogP contribution is -1.99. The van der Waals surface area contributed by atoms with E-state index >= 15 is 0 Å². The number of carbonyl (C=O) groups is 1. The second kappa shape index (κ2) is 7.88. The minimum Gasteiger partial charge on any atom is -0.497 e. The fraction of sp³-hybridized carbons (Fsp3) is 0.167. The third-order valence-electron chi connectivity index (χ3n) is 3.03. The molecule has 0 aliphatic heterocycles. The van der Waals surface area contributed by atoms with Gasteiger partial charge in [0, 0.05) is 17.8 Å². The van der Waals surface area contributed by atoms with Gasteiger partial charge in [-0.15, -0.1) is 0 Å². The predicted molar refractivity (Wildman–Crippen MR) is 87.7 cm³/mol. The first-order valence-electron chi connectivity index (χ1n) is 7.08. The van der Waals surface area contributed by atoms with Crippen molar-refractivity contribution in [2.45, 2.75) is 6.92 Å². The third-order valence-corrected chi connectivity index (χ3v) is 3.03. The number of ketones is 1. The monoisotopic (exact) mass is 297 g/mol. The lowest BCUT2D eigenvalue weighted by molar-refractivity contribution is 0.104. The Bertz CT molecular complexity index is 648. The molecular formula is C18H19NO3. The molecular weight excluding hydrogens is 278 g/mol. The molecule has 0 aliphatic rings. The smallest absolute Gasteiger partial charge is 0.187 e. The zero-order chi connectivity index (χ0) is 15.8. The number of rotatable bonds is 7. The quantitative estimate of drug-likeness (QED) is 0.622. The van der Waals surface area contributed by atoms with Crippen LogP contribution in [-0.4, -0.2) is 19.5 Å². The van der Waals surface area contributed by atoms with Crippen molar-refractivity contribution in [2.75, 3.05) is 19.0 Å². The highest BCUT2D eigenvalue weighted by molar-refractivity contribution is 6.04. The van der Waals surface area contributed by atoms with E-state index in [0.29, 0.717) is 12.2 Å². The van der Waals surface area contributed by atoms with E-state index in [1.54, 1.807) is 37.6 Å². The molecule has 4 nitrogen and oxygen atoms in total. The van der Waals surface area contributed by atoms with Gasteiger partial charge >= 0.3 is 0 Å². The molecule has 2 aromatic rings. The molecule has 0 aromatic heterocycles. The largest absolute Gasteiger partial charge is 0.497 e. The summed E-state index contributed by atoms with van der Waals surface area (Å²) in [7, 11) is 1.59. The molecule has 22 heavy (non-hydrogen) atoms. The van der Waals surface area contributed by atoms with Crippen molar-refractivity contribution in [1.29, 1.82) is 0 Å². The van der Waals surface area contributed by atoms with Gasteiger partial charge < -0.3 is 14.8 Å². The van der Waals surface area contributed by atoms with Crippen LogP contribution in [0.2, 0.25) is 0 Å². The third kappa shape index (κ3) is 4.12. The zero-order valence-electron chi connectivity index (χ0n) is 12.7. The summed E-state index contributed by atoms with van der Waals surface area (Å²) >= 11 is 0. The number of allylic oxidation sites excluding steroid dienone is 1. The van der Waals surface area contributed by atoms with Crippen molar-refractivity contribution in [2.24, 2.45) is 0 Å². The molecule has 0 saturated carbocycles. The van der Waals surface area contributed by atoms with E-state index < -0.39 is 0 Å². The van der Waals surface area contributed by atoms with Crippen molar-refractivity contribution in [3.8, 4) is 11.5 Å². The van der Waals surface area contributed by atoms with Gasteiger partial charge in [0.2, 0.25) is 0 Å². The van der Waals surface area contributed by atoms with Gasteiger partial charge in [0.05, 0.1) is 19.4 Å². The summed E-state index contributed by atoms with van der Waals surface area (Å²) in [4.78, 5) is 12.0. The lowest BCUT2D eigenvalue weighted by atomic mass is 10.1. The molecule has 0 heterocycles. The van der Waals surface area contributed by atoms with Gasteiger partial charge in [0.25, 0.3) is 0 Å². The van der Waals surface area contributed by atoms with E-state index in [0.717, 1.165) is 17.2 Å². The number of carbonyl (C=O) groups excluding carboxylic acids is 1. The Labute approximate surface area is 130 Å². The topological polar surface area (TPSA) is 47.6 Å². The maximum absolute atomic E-state index is 12.0. The van der Waals surface area contributed by atoms with Crippen LogP contribution < -0.4 is 14.8 Å². The fourth-order valence-electron chi connectivity index (χ4n) is 1.93. The van der Waals surface area contributed by atoms with Crippen molar-refractivity contribution in [3.63, 3.8) is 0 Å². The second-order valence-corrected chi connectivity index (χ2v) is 4.50. The van der Waals surface area contributed by atoms with Gasteiger partial charge in [-0.25, -0.2) is 0 Å². The van der Waals surface area contributed by atoms with E-state index in [9.17, 15) is 4.79 Å². The summed E-state index contributed by atoms with van der Waals surface area (Å²) in [6, 6.07) is 14.6. The number of benzene rings is 2. The van der Waals surface area contributed by atoms with Crippen LogP contribution >= 0.6 is 0 Å². The number of ether oxygens (including phenoxy) is 2. The SMILES string of the molecule is CCOc1ccccc1N/C=C\C(=O)c1ccc(OC)cc1. The summed E-state index contributed by atoms with van der Waals surface area (Å²) in [6.07, 6.45) is 3.11. The maximum Gasteiger partial charge on any atom is 0.187 e. The molecule has 0 spiro atoms. The molecule has 114 valence electrons. The molecule has 4 heteroatoms. The maximum atomic E-state index is 12.0. The number of para-hydroxylation sites is 2. The first-order chi connectivity index (χ1) is 10.7. The van der Waals surface area contributed by atoms with Gasteiger partial charge in [-0.3, -0.25) is 4.79 Å². The van der Waals surface area contributed by atoms with E-state index in [1.807, 2.05) is 31.2 Å². The van der Waals surface area contributed by atoms with Crippen LogP contribution in [0.5, 0.6) is 11.5 Å². The molecule has 2 rings (SSSR count). The van der Waals surface area contributed by atoms with E-state index in [2.05, 4.69) is 5.32 Å². The summed E-state index contributed by atoms with van der Waals surface area (Å²) < 4.78 is 10.6. The van der Waals surface area contributed by atoms with Crippen LogP contribution in [0.15, 0.2) is 60.8 Å². The summed E-state index contributed by atoms with van der Waals surface area (Å²) in [5.41, 5.74) is 1.43. The Morgan fingerprint density at radius 1 is 1.14 bits per heavy atom. The van der Waals surface area contributed by atoms with Crippen molar-refractivity contribution in [3.05, 3.63) is 66.4 Å². The average molecular weight is 297 g/mol. The number of nitrogens with one attached hydrogen (secondary N) is 1. The van der Waals surface area contributed by atoms with Gasteiger partial charge in [-0.2, -0.15) is 0 Å². The number of methoxy groups -OCH3 is 1. The first kappa shape index (κ1) is 15.6. The highest BCUT2D eigenvalue weighted by Crippen LogP contribution is 2.23. The molecule has 2 aromatic carbocycles. The molecule has 0 amide bonds. The van der Waals surface area contributed by atoms with Gasteiger partial charge in [-0.05, 0) is 43.3 Å². The Morgan fingerprint density at radius 2 is 1.86 bits per heavy atom. The van der Waals surface area contributed by atoms with E-state index in [4.69, 9.17) is 9.47 Å². The average Bonchev–Trinajstić information content (AvgIpc) is 2.56. The number of anilines is 1. The van der Waals surface area contributed by atoms with E-state index in [1.165, 1.54) is 6.08 Å². The highest BCUT2D eigenvalue weighted by atomic mass is 16.5. The predicted octanol–water partition coefficient (Wildman–Crippen LogP) is 3.90. The molecule has 0 atom stereocenters. The minimum absolute atomic E-state index is 0.0796. The van der Waals surface area contributed by atoms with Crippen LogP contribution in [0, 0.1) is 0 Å². The molecule has 0 bridgehead atoms. The first-order valence-corrected chi connectivity index (χ1v) is 7.08. The molecule has 0 unspecified atom stereocenters. The Morgan fingerprint density at radius 3 is 2.55 bits per heavy atom. The van der Waals surface area contributed by atoms with Crippen molar-refractivity contribution >= 4 is 11.5 Å². The molecule has 0 saturated heterocycles. The number of hydrogen-bond donors (Lipinski definition) is 1. The van der Waals surface area contributed by atoms with Crippen molar-refractivity contribution in [1.82, 2.24) is 0 Å². The van der Waals surface area contributed by atoms with E-state index in [-0.39, 0.29) is 5.78 Å². The van der Waals surface area contributed by atoms with Gasteiger partial charge in [-0.1, -0.05) is 12.1 Å². The Balaban J connectivity index is 2.01. The Kier molecular flexibility index (Phi) is 5.60. The van der Waals surface area contributed by atoms with Gasteiger partial charge in [0.15, 0.2) is 5.78 Å². The van der Waals surface area contributed by atoms with Crippen LogP contribution in [0.3, 0.4) is 0 Å². The van der Waals surface area contributed by atoms with Crippen LogP contribution in [0.25, 0.3) is 0 Å². The number of hydrogen-bond acceptors (Lipinski definition) is 4. The second-order valence-electron chi connectivity index (χ2n) is 4.50. The van der Waals surface area contributed by atoms with Crippen molar-refractivity contribution < 1.29 is 14.3 Å². The molecule has 0 radical (unpaired) electrons. The van der Waals surface area contributed by atoms with Gasteiger partial charge in [0.1, 0.15) is 11.5 Å². The summed E-state index contributed by atoms with van der Waals surface area (Å²) in [5, 5.41) is 3.07. The van der Waals surface area contributed by atoms with Crippen LogP contribution in [0.4, 0.5) is 5.69 Å². The van der Waals surface area contributed by atoms with Crippen LogP contribution in [0.1, 0.15) is 17.3 Å². The minimum atomic E-state index is -0.0796. The highest BCUT2D eigenvalue weighted by Gasteiger charge is 2.03. The molecule has 0 fully saturated rings. The standard InChI is InChI=1S/C18H19NO3/c1-3-22-18-7-5-4-6-16(18)19-13-12-17(20)14-8-10-15(21-2)11-9-14/h4-13,19H,3H2,1-2H3/b13-12-. The zero-order valence-corrected chi connectivity index (χ0v) is 12.7. The summed E-state index contributed by atoms with van der Waals surface area (Å²) in [6.45, 7) is 2.52. The summed E-state index contributed by atoms with van der Waals surface area (Å²) in [5.74, 6) is 1.40. The lowest BCUT2D eigenvalue weighted by Gasteiger charge is -2.09. The normalized spacial score (nSPS) is 10.5. The molecule has 1 N–H and O–H groups in total. The fourth-order valence-corrected chi connectivity index (χ4v) is 1.93. The van der Waals surface area contributed by atoms with Crippen LogP contribution in [-0.2, 0) is 0 Å².